The van der Waals surface area contributed by atoms with E-state index in [0.717, 1.165) is 16.8 Å². The average molecular weight is 278 g/mol. The zero-order valence-electron chi connectivity index (χ0n) is 11.3. The average Bonchev–Trinajstić information content (AvgIpc) is 2.40. The van der Waals surface area contributed by atoms with Crippen LogP contribution in [0.5, 0.6) is 0 Å². The molecular weight excluding hydrogens is 258 g/mol. The molecule has 4 heteroatoms. The predicted octanol–water partition coefficient (Wildman–Crippen LogP) is 4.45. The smallest absolute Gasteiger partial charge is 0.224 e. The highest BCUT2D eigenvalue weighted by Crippen LogP contribution is 2.22. The number of para-hydroxylation sites is 1. The van der Waals surface area contributed by atoms with Gasteiger partial charge in [0.1, 0.15) is 5.82 Å². The zero-order valence-corrected chi connectivity index (χ0v) is 12.0. The maximum absolute atomic E-state index is 5.62. The molecule has 0 unspecified atom stereocenters. The van der Waals surface area contributed by atoms with Crippen molar-refractivity contribution in [2.75, 3.05) is 5.73 Å². The van der Waals surface area contributed by atoms with Gasteiger partial charge in [0.05, 0.1) is 5.52 Å². The van der Waals surface area contributed by atoms with E-state index in [4.69, 9.17) is 17.3 Å². The highest BCUT2D eigenvalue weighted by atomic mass is 35.5. The normalized spacial score (nSPS) is 15.9. The van der Waals surface area contributed by atoms with Gasteiger partial charge in [-0.15, -0.1) is 0 Å². The van der Waals surface area contributed by atoms with Gasteiger partial charge in [-0.1, -0.05) is 51.2 Å². The number of aromatic nitrogens is 2. The van der Waals surface area contributed by atoms with Gasteiger partial charge in [-0.25, -0.2) is 9.97 Å². The molecule has 19 heavy (non-hydrogen) atoms. The number of hydrogen-bond donors (Lipinski definition) is 1. The molecule has 1 fully saturated rings. The van der Waals surface area contributed by atoms with Gasteiger partial charge in [-0.3, -0.25) is 0 Å². The van der Waals surface area contributed by atoms with Crippen LogP contribution in [0.2, 0.25) is 5.28 Å². The minimum atomic E-state index is 0.186. The molecule has 0 spiro atoms. The van der Waals surface area contributed by atoms with Gasteiger partial charge in [-0.2, -0.15) is 0 Å². The maximum Gasteiger partial charge on any atom is 0.224 e. The Morgan fingerprint density at radius 1 is 1.11 bits per heavy atom. The first-order valence-corrected chi connectivity index (χ1v) is 7.22. The lowest BCUT2D eigenvalue weighted by atomic mass is 9.91. The predicted molar refractivity (Wildman–Crippen MR) is 81.2 cm³/mol. The number of rotatable bonds is 0. The number of halogens is 1. The van der Waals surface area contributed by atoms with Crippen LogP contribution in [0.15, 0.2) is 24.3 Å². The molecule has 0 aliphatic heterocycles. The van der Waals surface area contributed by atoms with E-state index in [0.29, 0.717) is 5.82 Å². The summed E-state index contributed by atoms with van der Waals surface area (Å²) in [5, 5.41) is 1.02. The van der Waals surface area contributed by atoms with E-state index in [-0.39, 0.29) is 5.28 Å². The van der Waals surface area contributed by atoms with Crippen molar-refractivity contribution in [1.82, 2.24) is 9.97 Å². The summed E-state index contributed by atoms with van der Waals surface area (Å²) in [4.78, 5) is 7.84. The minimum Gasteiger partial charge on any atom is -0.383 e. The van der Waals surface area contributed by atoms with Crippen LogP contribution in [0.1, 0.15) is 39.0 Å². The van der Waals surface area contributed by atoms with E-state index >= 15 is 0 Å². The number of benzene rings is 1. The van der Waals surface area contributed by atoms with Crippen LogP contribution in [-0.4, -0.2) is 9.97 Å². The second kappa shape index (κ2) is 6.71. The number of nitrogens with zero attached hydrogens (tertiary/aromatic N) is 2. The van der Waals surface area contributed by atoms with Crippen LogP contribution in [0.25, 0.3) is 10.9 Å². The topological polar surface area (TPSA) is 51.8 Å². The first-order valence-electron chi connectivity index (χ1n) is 6.84. The van der Waals surface area contributed by atoms with Gasteiger partial charge >= 0.3 is 0 Å². The molecular formula is C15H20ClN3. The van der Waals surface area contributed by atoms with Gasteiger partial charge in [0, 0.05) is 5.39 Å². The van der Waals surface area contributed by atoms with Crippen molar-refractivity contribution in [2.24, 2.45) is 5.92 Å². The molecule has 1 heterocycles. The van der Waals surface area contributed by atoms with E-state index in [2.05, 4.69) is 16.9 Å². The molecule has 1 aliphatic carbocycles. The molecule has 0 atom stereocenters. The third kappa shape index (κ3) is 4.06. The summed E-state index contributed by atoms with van der Waals surface area (Å²) < 4.78 is 0. The lowest BCUT2D eigenvalue weighted by Gasteiger charge is -2.15. The Morgan fingerprint density at radius 2 is 1.79 bits per heavy atom. The molecule has 0 amide bonds. The summed E-state index contributed by atoms with van der Waals surface area (Å²) in [6, 6.07) is 7.47. The molecule has 3 rings (SSSR count). The third-order valence-corrected chi connectivity index (χ3v) is 3.67. The Hall–Kier alpha value is -1.35. The van der Waals surface area contributed by atoms with E-state index in [1.807, 2.05) is 24.3 Å². The molecule has 1 aliphatic rings. The van der Waals surface area contributed by atoms with Crippen molar-refractivity contribution < 1.29 is 0 Å². The summed E-state index contributed by atoms with van der Waals surface area (Å²) in [5.41, 5.74) is 6.39. The molecule has 0 saturated heterocycles. The summed E-state index contributed by atoms with van der Waals surface area (Å²) in [6.07, 6.45) is 7.44. The van der Waals surface area contributed by atoms with E-state index in [1.54, 1.807) is 0 Å². The number of anilines is 1. The highest BCUT2D eigenvalue weighted by Gasteiger charge is 2.06. The molecule has 0 bridgehead atoms. The Bertz CT molecular complexity index is 536. The summed E-state index contributed by atoms with van der Waals surface area (Å²) in [5.74, 6) is 1.46. The fourth-order valence-corrected chi connectivity index (χ4v) is 2.56. The summed E-state index contributed by atoms with van der Waals surface area (Å²) in [6.45, 7) is 2.36. The van der Waals surface area contributed by atoms with Crippen molar-refractivity contribution in [2.45, 2.75) is 39.0 Å². The first kappa shape index (κ1) is 14.1. The Kier molecular flexibility index (Phi) is 4.97. The fourth-order valence-electron chi connectivity index (χ4n) is 2.38. The Morgan fingerprint density at radius 3 is 2.42 bits per heavy atom. The quantitative estimate of drug-likeness (QED) is 0.724. The molecule has 0 radical (unpaired) electrons. The van der Waals surface area contributed by atoms with Gasteiger partial charge in [0.25, 0.3) is 0 Å². The van der Waals surface area contributed by atoms with Crippen LogP contribution in [-0.2, 0) is 0 Å². The zero-order chi connectivity index (χ0) is 13.7. The molecule has 2 aromatic rings. The Balaban J connectivity index is 0.000000163. The minimum absolute atomic E-state index is 0.186. The SMILES string of the molecule is CC1CCCCC1.Nc1nc(Cl)nc2ccccc12. The lowest BCUT2D eigenvalue weighted by molar-refractivity contribution is 0.385. The number of fused-ring (bicyclic) bond motifs is 1. The van der Waals surface area contributed by atoms with Crippen LogP contribution in [0, 0.1) is 5.92 Å². The van der Waals surface area contributed by atoms with Crippen LogP contribution >= 0.6 is 11.6 Å². The van der Waals surface area contributed by atoms with Crippen molar-refractivity contribution in [3.8, 4) is 0 Å². The monoisotopic (exact) mass is 277 g/mol. The number of nitrogen functional groups attached to an aromatic ring is 1. The number of nitrogens with two attached hydrogens (primary N) is 1. The Labute approximate surface area is 119 Å². The molecule has 102 valence electrons. The van der Waals surface area contributed by atoms with Crippen molar-refractivity contribution in [3.05, 3.63) is 29.5 Å². The second-order valence-corrected chi connectivity index (χ2v) is 5.48. The van der Waals surface area contributed by atoms with Gasteiger partial charge in [0.2, 0.25) is 5.28 Å². The van der Waals surface area contributed by atoms with Crippen LogP contribution < -0.4 is 5.73 Å². The first-order chi connectivity index (χ1) is 9.16. The van der Waals surface area contributed by atoms with Crippen LogP contribution in [0.4, 0.5) is 5.82 Å². The van der Waals surface area contributed by atoms with E-state index in [9.17, 15) is 0 Å². The van der Waals surface area contributed by atoms with Crippen molar-refractivity contribution in [1.29, 1.82) is 0 Å². The number of hydrogen-bond acceptors (Lipinski definition) is 3. The highest BCUT2D eigenvalue weighted by molar-refractivity contribution is 6.28. The third-order valence-electron chi connectivity index (χ3n) is 3.50. The maximum atomic E-state index is 5.62. The molecule has 1 aromatic carbocycles. The van der Waals surface area contributed by atoms with Crippen molar-refractivity contribution in [3.63, 3.8) is 0 Å². The van der Waals surface area contributed by atoms with Gasteiger partial charge < -0.3 is 5.73 Å². The molecule has 2 N–H and O–H groups in total. The molecule has 1 aromatic heterocycles. The largest absolute Gasteiger partial charge is 0.383 e. The summed E-state index contributed by atoms with van der Waals surface area (Å²) >= 11 is 5.62. The molecule has 1 saturated carbocycles. The van der Waals surface area contributed by atoms with Gasteiger partial charge in [0.15, 0.2) is 0 Å². The van der Waals surface area contributed by atoms with E-state index < -0.39 is 0 Å². The van der Waals surface area contributed by atoms with E-state index in [1.165, 1.54) is 32.1 Å². The standard InChI is InChI=1S/C8H6ClN3.C7H14/c9-8-11-6-4-2-1-3-5(6)7(10)12-8;1-7-5-3-2-4-6-7/h1-4H,(H2,10,11,12);7H,2-6H2,1H3. The summed E-state index contributed by atoms with van der Waals surface area (Å²) in [7, 11) is 0. The fraction of sp³-hybridized carbons (Fsp3) is 0.467. The van der Waals surface area contributed by atoms with Crippen molar-refractivity contribution >= 4 is 28.3 Å². The lowest BCUT2D eigenvalue weighted by Crippen LogP contribution is -1.99. The van der Waals surface area contributed by atoms with Crippen LogP contribution in [0.3, 0.4) is 0 Å². The second-order valence-electron chi connectivity index (χ2n) is 5.14. The molecule has 3 nitrogen and oxygen atoms in total. The van der Waals surface area contributed by atoms with Gasteiger partial charge in [-0.05, 0) is 29.7 Å².